The Morgan fingerprint density at radius 1 is 1.26 bits per heavy atom. The number of benzene rings is 1. The second-order valence-electron chi connectivity index (χ2n) is 8.09. The van der Waals surface area contributed by atoms with Crippen molar-refractivity contribution in [1.29, 1.82) is 0 Å². The fraction of sp³-hybridized carbons (Fsp3) is 0.667. The Balaban J connectivity index is 1.88. The van der Waals surface area contributed by atoms with Gasteiger partial charge in [-0.1, -0.05) is 36.7 Å². The van der Waals surface area contributed by atoms with Gasteiger partial charge in [-0.2, -0.15) is 0 Å². The lowest BCUT2D eigenvalue weighted by molar-refractivity contribution is 0.0861. The summed E-state index contributed by atoms with van der Waals surface area (Å²) in [6.07, 6.45) is 2.52. The van der Waals surface area contributed by atoms with Crippen LogP contribution < -0.4 is 0 Å². The third-order valence-corrected chi connectivity index (χ3v) is 10.5. The van der Waals surface area contributed by atoms with Crippen LogP contribution in [-0.4, -0.2) is 32.4 Å². The predicted octanol–water partition coefficient (Wildman–Crippen LogP) is 5.57. The molecule has 0 aromatic heterocycles. The molecule has 23 heavy (non-hydrogen) atoms. The van der Waals surface area contributed by atoms with Crippen molar-refractivity contribution in [2.24, 2.45) is 0 Å². The first-order chi connectivity index (χ1) is 10.6. The Morgan fingerprint density at radius 3 is 2.43 bits per heavy atom. The predicted molar refractivity (Wildman–Crippen MR) is 101 cm³/mol. The molecular formula is C18H29BrFNOSi. The highest BCUT2D eigenvalue weighted by molar-refractivity contribution is 9.10. The largest absolute Gasteiger partial charge is 0.414 e. The van der Waals surface area contributed by atoms with Crippen molar-refractivity contribution >= 4 is 24.2 Å². The van der Waals surface area contributed by atoms with Crippen molar-refractivity contribution in [3.8, 4) is 0 Å². The summed E-state index contributed by atoms with van der Waals surface area (Å²) in [5.41, 5.74) is 1.02. The maximum Gasteiger partial charge on any atom is 0.192 e. The zero-order chi connectivity index (χ0) is 17.3. The second-order valence-corrected chi connectivity index (χ2v) is 13.7. The fourth-order valence-corrected chi connectivity index (χ4v) is 4.48. The maximum absolute atomic E-state index is 13.4. The van der Waals surface area contributed by atoms with Crippen molar-refractivity contribution in [1.82, 2.24) is 4.90 Å². The monoisotopic (exact) mass is 401 g/mol. The summed E-state index contributed by atoms with van der Waals surface area (Å²) in [5, 5.41) is 0.260. The van der Waals surface area contributed by atoms with Gasteiger partial charge in [0, 0.05) is 30.2 Å². The summed E-state index contributed by atoms with van der Waals surface area (Å²) < 4.78 is 20.9. The van der Waals surface area contributed by atoms with E-state index in [0.29, 0.717) is 6.10 Å². The summed E-state index contributed by atoms with van der Waals surface area (Å²) in [5.74, 6) is -0.167. The summed E-state index contributed by atoms with van der Waals surface area (Å²) in [7, 11) is -1.68. The van der Waals surface area contributed by atoms with E-state index in [9.17, 15) is 4.39 Å². The van der Waals surface area contributed by atoms with Gasteiger partial charge in [0.15, 0.2) is 8.32 Å². The molecule has 0 amide bonds. The number of halogens is 2. The van der Waals surface area contributed by atoms with E-state index in [4.69, 9.17) is 4.43 Å². The van der Waals surface area contributed by atoms with E-state index in [-0.39, 0.29) is 10.9 Å². The topological polar surface area (TPSA) is 12.5 Å². The highest BCUT2D eigenvalue weighted by atomic mass is 79.9. The molecular weight excluding hydrogens is 373 g/mol. The Bertz CT molecular complexity index is 536. The third-order valence-electron chi connectivity index (χ3n) is 5.20. The van der Waals surface area contributed by atoms with Gasteiger partial charge in [-0.05, 0) is 54.7 Å². The number of rotatable bonds is 4. The molecule has 0 unspecified atom stereocenters. The molecule has 0 aliphatic carbocycles. The van der Waals surface area contributed by atoms with Crippen LogP contribution in [0.4, 0.5) is 4.39 Å². The Morgan fingerprint density at radius 2 is 1.87 bits per heavy atom. The highest BCUT2D eigenvalue weighted by Gasteiger charge is 2.39. The normalized spacial score (nSPS) is 18.4. The van der Waals surface area contributed by atoms with Gasteiger partial charge in [-0.15, -0.1) is 0 Å². The smallest absolute Gasteiger partial charge is 0.192 e. The van der Waals surface area contributed by atoms with Crippen molar-refractivity contribution in [2.75, 3.05) is 13.1 Å². The number of hydrogen-bond donors (Lipinski definition) is 0. The molecule has 1 fully saturated rings. The lowest BCUT2D eigenvalue weighted by Gasteiger charge is -2.42. The Hall–Kier alpha value is -0.233. The zero-order valence-corrected chi connectivity index (χ0v) is 17.5. The molecule has 1 aliphatic rings. The van der Waals surface area contributed by atoms with Gasteiger partial charge in [-0.3, -0.25) is 4.90 Å². The van der Waals surface area contributed by atoms with Gasteiger partial charge in [0.2, 0.25) is 0 Å². The molecule has 2 rings (SSSR count). The molecule has 0 saturated carbocycles. The number of piperidine rings is 1. The van der Waals surface area contributed by atoms with Crippen LogP contribution in [-0.2, 0) is 11.0 Å². The van der Waals surface area contributed by atoms with E-state index < -0.39 is 8.32 Å². The van der Waals surface area contributed by atoms with E-state index in [2.05, 4.69) is 54.7 Å². The van der Waals surface area contributed by atoms with E-state index in [1.807, 2.05) is 0 Å². The summed E-state index contributed by atoms with van der Waals surface area (Å²) >= 11 is 3.52. The van der Waals surface area contributed by atoms with Crippen molar-refractivity contribution in [3.63, 3.8) is 0 Å². The van der Waals surface area contributed by atoms with Crippen LogP contribution in [0.1, 0.15) is 39.2 Å². The Labute approximate surface area is 149 Å². The second kappa shape index (κ2) is 7.34. The number of hydrogen-bond acceptors (Lipinski definition) is 2. The molecule has 0 spiro atoms. The van der Waals surface area contributed by atoms with Gasteiger partial charge in [0.05, 0.1) is 0 Å². The first kappa shape index (κ1) is 19.1. The molecule has 0 atom stereocenters. The van der Waals surface area contributed by atoms with Gasteiger partial charge in [-0.25, -0.2) is 4.39 Å². The summed E-state index contributed by atoms with van der Waals surface area (Å²) in [6.45, 7) is 14.3. The van der Waals surface area contributed by atoms with Crippen LogP contribution in [0, 0.1) is 5.82 Å². The Kier molecular flexibility index (Phi) is 6.09. The number of likely N-dealkylation sites (tertiary alicyclic amines) is 1. The molecule has 0 N–H and O–H groups in total. The van der Waals surface area contributed by atoms with Gasteiger partial charge in [0.25, 0.3) is 0 Å². The van der Waals surface area contributed by atoms with Gasteiger partial charge >= 0.3 is 0 Å². The molecule has 0 radical (unpaired) electrons. The SMILES string of the molecule is CC(C)(C)[Si](C)(C)OC1CCN(Cc2cc(F)ccc2Br)CC1. The van der Waals surface area contributed by atoms with Crippen LogP contribution in [0.2, 0.25) is 18.1 Å². The summed E-state index contributed by atoms with van der Waals surface area (Å²) in [4.78, 5) is 2.39. The summed E-state index contributed by atoms with van der Waals surface area (Å²) in [6, 6.07) is 4.91. The molecule has 1 saturated heterocycles. The first-order valence-corrected chi connectivity index (χ1v) is 12.1. The van der Waals surface area contributed by atoms with Crippen molar-refractivity contribution < 1.29 is 8.82 Å². The minimum Gasteiger partial charge on any atom is -0.414 e. The standard InChI is InChI=1S/C18H29BrFNOSi/c1-18(2,3)23(4,5)22-16-8-10-21(11-9-16)13-14-12-15(20)6-7-17(14)19/h6-7,12,16H,8-11,13H2,1-5H3. The average molecular weight is 402 g/mol. The van der Waals surface area contributed by atoms with Gasteiger partial charge < -0.3 is 4.43 Å². The van der Waals surface area contributed by atoms with E-state index in [1.165, 1.54) is 6.07 Å². The van der Waals surface area contributed by atoms with E-state index >= 15 is 0 Å². The molecule has 1 aromatic rings. The molecule has 0 bridgehead atoms. The van der Waals surface area contributed by atoms with Crippen molar-refractivity contribution in [3.05, 3.63) is 34.1 Å². The van der Waals surface area contributed by atoms with Crippen molar-refractivity contribution in [2.45, 2.75) is 64.4 Å². The fourth-order valence-electron chi connectivity index (χ4n) is 2.68. The molecule has 1 aromatic carbocycles. The minimum absolute atomic E-state index is 0.167. The molecule has 1 heterocycles. The first-order valence-electron chi connectivity index (χ1n) is 8.42. The lowest BCUT2D eigenvalue weighted by atomic mass is 10.1. The molecule has 1 aliphatic heterocycles. The van der Waals surface area contributed by atoms with Crippen LogP contribution in [0.15, 0.2) is 22.7 Å². The van der Waals surface area contributed by atoms with Gasteiger partial charge in [0.1, 0.15) is 5.82 Å². The highest BCUT2D eigenvalue weighted by Crippen LogP contribution is 2.38. The zero-order valence-electron chi connectivity index (χ0n) is 15.0. The average Bonchev–Trinajstić information content (AvgIpc) is 2.43. The molecule has 5 heteroatoms. The lowest BCUT2D eigenvalue weighted by Crippen LogP contribution is -2.47. The van der Waals surface area contributed by atoms with Crippen LogP contribution in [0.5, 0.6) is 0 Å². The van der Waals surface area contributed by atoms with Crippen LogP contribution in [0.3, 0.4) is 0 Å². The van der Waals surface area contributed by atoms with E-state index in [1.54, 1.807) is 12.1 Å². The molecule has 2 nitrogen and oxygen atoms in total. The third kappa shape index (κ3) is 5.12. The number of nitrogens with zero attached hydrogens (tertiary/aromatic N) is 1. The quantitative estimate of drug-likeness (QED) is 0.610. The van der Waals surface area contributed by atoms with Crippen LogP contribution in [0.25, 0.3) is 0 Å². The minimum atomic E-state index is -1.68. The van der Waals surface area contributed by atoms with Crippen LogP contribution >= 0.6 is 15.9 Å². The van der Waals surface area contributed by atoms with E-state index in [0.717, 1.165) is 42.5 Å². The maximum atomic E-state index is 13.4. The molecule has 130 valence electrons.